The highest BCUT2D eigenvalue weighted by molar-refractivity contribution is 7.12. The van der Waals surface area contributed by atoms with Gasteiger partial charge in [0.05, 0.1) is 24.7 Å². The Labute approximate surface area is 186 Å². The molecule has 32 heavy (non-hydrogen) atoms. The quantitative estimate of drug-likeness (QED) is 0.304. The predicted molar refractivity (Wildman–Crippen MR) is 120 cm³/mol. The average molecular weight is 450 g/mol. The minimum absolute atomic E-state index is 0.0386. The van der Waals surface area contributed by atoms with Crippen molar-refractivity contribution in [2.24, 2.45) is 0 Å². The topological polar surface area (TPSA) is 92.0 Å². The van der Waals surface area contributed by atoms with Crippen LogP contribution in [0.1, 0.15) is 27.2 Å². The normalized spacial score (nSPS) is 10.7. The van der Waals surface area contributed by atoms with E-state index in [1.165, 1.54) is 36.6 Å². The second kappa shape index (κ2) is 9.07. The van der Waals surface area contributed by atoms with Crippen molar-refractivity contribution in [3.8, 4) is 22.6 Å². The maximum Gasteiger partial charge on any atom is 0.375 e. The summed E-state index contributed by atoms with van der Waals surface area (Å²) >= 11 is 1.25. The Morgan fingerprint density at radius 2 is 1.84 bits per heavy atom. The zero-order valence-corrected chi connectivity index (χ0v) is 18.1. The molecule has 0 saturated carbocycles. The van der Waals surface area contributed by atoms with Gasteiger partial charge in [0.25, 0.3) is 0 Å². The first-order chi connectivity index (χ1) is 15.5. The number of para-hydroxylation sites is 1. The molecule has 162 valence electrons. The van der Waals surface area contributed by atoms with E-state index in [1.807, 2.05) is 0 Å². The van der Waals surface area contributed by atoms with Gasteiger partial charge in [-0.1, -0.05) is 24.3 Å². The zero-order valence-electron chi connectivity index (χ0n) is 17.2. The Hall–Kier alpha value is -3.91. The van der Waals surface area contributed by atoms with Gasteiger partial charge in [0.15, 0.2) is 0 Å². The fourth-order valence-electron chi connectivity index (χ4n) is 3.23. The number of fused-ring (bicyclic) bond motifs is 1. The third kappa shape index (κ3) is 4.00. The molecular formula is C24H18O7S. The van der Waals surface area contributed by atoms with Crippen LogP contribution in [0.3, 0.4) is 0 Å². The summed E-state index contributed by atoms with van der Waals surface area (Å²) in [7, 11) is 1.47. The van der Waals surface area contributed by atoms with E-state index < -0.39 is 17.4 Å². The van der Waals surface area contributed by atoms with E-state index >= 15 is 0 Å². The monoisotopic (exact) mass is 450 g/mol. The maximum absolute atomic E-state index is 13.4. The molecule has 0 atom stereocenters. The number of esters is 2. The molecule has 0 fully saturated rings. The fourth-order valence-corrected chi connectivity index (χ4v) is 3.82. The summed E-state index contributed by atoms with van der Waals surface area (Å²) in [4.78, 5) is 38.8. The second-order valence-corrected chi connectivity index (χ2v) is 7.53. The van der Waals surface area contributed by atoms with Crippen LogP contribution in [0.25, 0.3) is 22.1 Å². The van der Waals surface area contributed by atoms with Crippen molar-refractivity contribution < 1.29 is 28.2 Å². The van der Waals surface area contributed by atoms with Gasteiger partial charge < -0.3 is 18.6 Å². The van der Waals surface area contributed by atoms with Crippen LogP contribution >= 0.6 is 11.3 Å². The van der Waals surface area contributed by atoms with E-state index in [1.54, 1.807) is 48.7 Å². The molecule has 7 nitrogen and oxygen atoms in total. The Bertz CT molecular complexity index is 1350. The van der Waals surface area contributed by atoms with E-state index in [4.69, 9.17) is 18.6 Å². The molecule has 2 aromatic heterocycles. The van der Waals surface area contributed by atoms with Gasteiger partial charge in [0.1, 0.15) is 22.0 Å². The molecule has 2 aromatic carbocycles. The molecule has 0 aliphatic carbocycles. The van der Waals surface area contributed by atoms with Gasteiger partial charge in [-0.3, -0.25) is 4.79 Å². The highest BCUT2D eigenvalue weighted by Crippen LogP contribution is 2.33. The Kier molecular flexibility index (Phi) is 6.04. The molecule has 0 saturated heterocycles. The van der Waals surface area contributed by atoms with Crippen LogP contribution in [-0.4, -0.2) is 25.7 Å². The number of carbonyl (C=O) groups excluding carboxylic acids is 2. The zero-order chi connectivity index (χ0) is 22.7. The fraction of sp³-hybridized carbons (Fsp3) is 0.125. The molecule has 4 rings (SSSR count). The number of thiophene rings is 1. The summed E-state index contributed by atoms with van der Waals surface area (Å²) in [5, 5.41) is 1.98. The summed E-state index contributed by atoms with van der Waals surface area (Å²) in [6.45, 7) is 1.76. The summed E-state index contributed by atoms with van der Waals surface area (Å²) in [6, 6.07) is 14.6. The number of benzene rings is 2. The Balaban J connectivity index is 1.88. The molecule has 0 radical (unpaired) electrons. The van der Waals surface area contributed by atoms with E-state index in [2.05, 4.69) is 0 Å². The van der Waals surface area contributed by atoms with Crippen molar-refractivity contribution in [1.29, 1.82) is 0 Å². The second-order valence-electron chi connectivity index (χ2n) is 6.58. The number of ether oxygens (including phenoxy) is 3. The summed E-state index contributed by atoms with van der Waals surface area (Å²) < 4.78 is 21.7. The third-order valence-electron chi connectivity index (χ3n) is 4.63. The first-order valence-electron chi connectivity index (χ1n) is 9.70. The van der Waals surface area contributed by atoms with Gasteiger partial charge in [-0.25, -0.2) is 9.59 Å². The standard InChI is InChI=1S/C24H18O7S/c1-3-29-24(27)22-20(15-7-4-5-8-17(15)28-2)21(25)16-11-10-14(13-18(16)31-22)30-23(26)19-9-6-12-32-19/h4-13H,3H2,1-2H3. The molecule has 0 amide bonds. The predicted octanol–water partition coefficient (Wildman–Crippen LogP) is 4.93. The van der Waals surface area contributed by atoms with Crippen molar-refractivity contribution in [3.63, 3.8) is 0 Å². The molecule has 0 aliphatic heterocycles. The number of carbonyl (C=O) groups is 2. The van der Waals surface area contributed by atoms with Gasteiger partial charge >= 0.3 is 11.9 Å². The van der Waals surface area contributed by atoms with Crippen molar-refractivity contribution in [2.45, 2.75) is 6.92 Å². The van der Waals surface area contributed by atoms with E-state index in [-0.39, 0.29) is 34.6 Å². The minimum atomic E-state index is -0.784. The molecule has 4 aromatic rings. The largest absolute Gasteiger partial charge is 0.496 e. The van der Waals surface area contributed by atoms with Crippen molar-refractivity contribution in [2.75, 3.05) is 13.7 Å². The van der Waals surface area contributed by atoms with Crippen LogP contribution in [0.15, 0.2) is 69.2 Å². The lowest BCUT2D eigenvalue weighted by atomic mass is 10.0. The maximum atomic E-state index is 13.4. The number of rotatable bonds is 6. The van der Waals surface area contributed by atoms with Crippen LogP contribution in [0.4, 0.5) is 0 Å². The Morgan fingerprint density at radius 3 is 2.56 bits per heavy atom. The van der Waals surface area contributed by atoms with Crippen LogP contribution in [-0.2, 0) is 4.74 Å². The lowest BCUT2D eigenvalue weighted by Crippen LogP contribution is -2.15. The van der Waals surface area contributed by atoms with Crippen LogP contribution in [0.5, 0.6) is 11.5 Å². The smallest absolute Gasteiger partial charge is 0.375 e. The Morgan fingerprint density at radius 1 is 1.03 bits per heavy atom. The number of methoxy groups -OCH3 is 1. The average Bonchev–Trinajstić information content (AvgIpc) is 3.34. The molecule has 0 aliphatic rings. The minimum Gasteiger partial charge on any atom is -0.496 e. The lowest BCUT2D eigenvalue weighted by molar-refractivity contribution is 0.0491. The van der Waals surface area contributed by atoms with Crippen LogP contribution in [0, 0.1) is 0 Å². The van der Waals surface area contributed by atoms with Crippen LogP contribution < -0.4 is 14.9 Å². The van der Waals surface area contributed by atoms with Gasteiger partial charge in [-0.15, -0.1) is 11.3 Å². The molecule has 0 N–H and O–H groups in total. The highest BCUT2D eigenvalue weighted by atomic mass is 32.1. The lowest BCUT2D eigenvalue weighted by Gasteiger charge is -2.12. The summed E-state index contributed by atoms with van der Waals surface area (Å²) in [6.07, 6.45) is 0. The van der Waals surface area contributed by atoms with Gasteiger partial charge in [0.2, 0.25) is 11.2 Å². The third-order valence-corrected chi connectivity index (χ3v) is 5.48. The van der Waals surface area contributed by atoms with E-state index in [9.17, 15) is 14.4 Å². The van der Waals surface area contributed by atoms with Gasteiger partial charge in [0, 0.05) is 11.6 Å². The molecular weight excluding hydrogens is 432 g/mol. The summed E-state index contributed by atoms with van der Waals surface area (Å²) in [5.74, 6) is -0.980. The molecule has 0 bridgehead atoms. The van der Waals surface area contributed by atoms with Crippen molar-refractivity contribution >= 4 is 34.2 Å². The van der Waals surface area contributed by atoms with Crippen molar-refractivity contribution in [1.82, 2.24) is 0 Å². The van der Waals surface area contributed by atoms with Crippen molar-refractivity contribution in [3.05, 3.63) is 80.8 Å². The SMILES string of the molecule is CCOC(=O)c1oc2cc(OC(=O)c3cccs3)ccc2c(=O)c1-c1ccccc1OC. The molecule has 0 unspecified atom stereocenters. The van der Waals surface area contributed by atoms with E-state index in [0.29, 0.717) is 16.2 Å². The van der Waals surface area contributed by atoms with Gasteiger partial charge in [-0.05, 0) is 36.6 Å². The number of hydrogen-bond donors (Lipinski definition) is 0. The molecule has 2 heterocycles. The molecule has 8 heteroatoms. The van der Waals surface area contributed by atoms with Gasteiger partial charge in [-0.2, -0.15) is 0 Å². The first-order valence-corrected chi connectivity index (χ1v) is 10.6. The molecule has 0 spiro atoms. The highest BCUT2D eigenvalue weighted by Gasteiger charge is 2.25. The van der Waals surface area contributed by atoms with Crippen LogP contribution in [0.2, 0.25) is 0 Å². The van der Waals surface area contributed by atoms with E-state index in [0.717, 1.165) is 0 Å². The summed E-state index contributed by atoms with van der Waals surface area (Å²) in [5.41, 5.74) is 0.0988. The first kappa shape index (κ1) is 21.3. The number of hydrogen-bond acceptors (Lipinski definition) is 8.